The van der Waals surface area contributed by atoms with Crippen molar-refractivity contribution in [3.8, 4) is 0 Å². The second-order valence-corrected chi connectivity index (χ2v) is 7.63. The molecule has 1 unspecified atom stereocenters. The van der Waals surface area contributed by atoms with Crippen LogP contribution >= 0.6 is 15.9 Å². The highest BCUT2D eigenvalue weighted by Gasteiger charge is 2.27. The van der Waals surface area contributed by atoms with Gasteiger partial charge in [0, 0.05) is 10.0 Å². The molecule has 2 aromatic rings. The van der Waals surface area contributed by atoms with Crippen LogP contribution in [0, 0.1) is 5.92 Å². The first-order valence-electron chi connectivity index (χ1n) is 8.71. The third-order valence-corrected chi connectivity index (χ3v) is 5.60. The van der Waals surface area contributed by atoms with Crippen LogP contribution in [0.4, 0.5) is 0 Å². The lowest BCUT2D eigenvalue weighted by molar-refractivity contribution is 0.0771. The van der Waals surface area contributed by atoms with Gasteiger partial charge in [0.1, 0.15) is 0 Å². The number of likely N-dealkylation sites (tertiary alicyclic amines) is 1. The van der Waals surface area contributed by atoms with Crippen molar-refractivity contribution in [2.24, 2.45) is 5.92 Å². The van der Waals surface area contributed by atoms with E-state index in [0.29, 0.717) is 0 Å². The molecule has 0 aliphatic carbocycles. The Morgan fingerprint density at radius 1 is 1.08 bits per heavy atom. The maximum absolute atomic E-state index is 12.7. The van der Waals surface area contributed by atoms with Crippen LogP contribution in [0.2, 0.25) is 0 Å². The molecule has 2 nitrogen and oxygen atoms in total. The van der Waals surface area contributed by atoms with Crippen LogP contribution in [0.3, 0.4) is 0 Å². The molecule has 1 saturated heterocycles. The van der Waals surface area contributed by atoms with E-state index in [0.717, 1.165) is 35.5 Å². The molecule has 3 heteroatoms. The van der Waals surface area contributed by atoms with Crippen LogP contribution in [0.5, 0.6) is 0 Å². The van der Waals surface area contributed by atoms with Gasteiger partial charge in [0.25, 0.3) is 0 Å². The van der Waals surface area contributed by atoms with E-state index in [1.54, 1.807) is 0 Å². The molecule has 0 saturated carbocycles. The second kappa shape index (κ2) is 8.09. The Labute approximate surface area is 153 Å². The molecule has 0 spiro atoms. The number of hydrogen-bond acceptors (Lipinski definition) is 2. The van der Waals surface area contributed by atoms with Crippen molar-refractivity contribution in [2.75, 3.05) is 13.1 Å². The Bertz CT molecular complexity index is 660. The average molecular weight is 386 g/mol. The van der Waals surface area contributed by atoms with Gasteiger partial charge in [-0.15, -0.1) is 0 Å². The molecule has 1 aliphatic heterocycles. The Morgan fingerprint density at radius 3 is 2.33 bits per heavy atom. The van der Waals surface area contributed by atoms with Crippen molar-refractivity contribution in [2.45, 2.75) is 32.2 Å². The molecule has 0 amide bonds. The van der Waals surface area contributed by atoms with Gasteiger partial charge in [-0.25, -0.2) is 0 Å². The Morgan fingerprint density at radius 2 is 1.71 bits per heavy atom. The molecule has 126 valence electrons. The predicted octanol–water partition coefficient (Wildman–Crippen LogP) is 4.98. The standard InChI is InChI=1S/C21H24BrNO/c1-16(21(24)19-7-9-20(22)10-8-19)23-13-11-18(12-14-23)15-17-5-3-2-4-6-17/h2-10,16,18H,11-15H2,1H3. The minimum absolute atomic E-state index is 0.0381. The highest BCUT2D eigenvalue weighted by Crippen LogP contribution is 2.24. The van der Waals surface area contributed by atoms with Crippen molar-refractivity contribution < 1.29 is 4.79 Å². The van der Waals surface area contributed by atoms with Gasteiger partial charge in [0.2, 0.25) is 0 Å². The van der Waals surface area contributed by atoms with Crippen molar-refractivity contribution in [3.05, 3.63) is 70.2 Å². The van der Waals surface area contributed by atoms with Gasteiger partial charge in [-0.2, -0.15) is 0 Å². The molecule has 1 fully saturated rings. The summed E-state index contributed by atoms with van der Waals surface area (Å²) in [7, 11) is 0. The van der Waals surface area contributed by atoms with Gasteiger partial charge in [0.15, 0.2) is 5.78 Å². The van der Waals surface area contributed by atoms with Crippen LogP contribution < -0.4 is 0 Å². The largest absolute Gasteiger partial charge is 0.293 e. The summed E-state index contributed by atoms with van der Waals surface area (Å²) in [4.78, 5) is 15.0. The van der Waals surface area contributed by atoms with E-state index in [4.69, 9.17) is 0 Å². The maximum atomic E-state index is 12.7. The molecule has 3 rings (SSSR count). The first-order valence-corrected chi connectivity index (χ1v) is 9.50. The number of benzene rings is 2. The monoisotopic (exact) mass is 385 g/mol. The van der Waals surface area contributed by atoms with Gasteiger partial charge in [-0.05, 0) is 62.9 Å². The zero-order valence-electron chi connectivity index (χ0n) is 14.1. The molecule has 0 aromatic heterocycles. The average Bonchev–Trinajstić information content (AvgIpc) is 2.63. The van der Waals surface area contributed by atoms with Crippen LogP contribution in [-0.4, -0.2) is 29.8 Å². The normalized spacial score (nSPS) is 17.6. The zero-order chi connectivity index (χ0) is 16.9. The Hall–Kier alpha value is -1.45. The zero-order valence-corrected chi connectivity index (χ0v) is 15.7. The number of Topliss-reactive ketones (excluding diaryl/α,β-unsaturated/α-hetero) is 1. The fourth-order valence-electron chi connectivity index (χ4n) is 3.51. The van der Waals surface area contributed by atoms with Crippen molar-refractivity contribution in [1.82, 2.24) is 4.90 Å². The molecule has 0 bridgehead atoms. The number of piperidine rings is 1. The Kier molecular flexibility index (Phi) is 5.85. The number of rotatable bonds is 5. The summed E-state index contributed by atoms with van der Waals surface area (Å²) in [5.74, 6) is 0.961. The van der Waals surface area contributed by atoms with E-state index >= 15 is 0 Å². The molecule has 24 heavy (non-hydrogen) atoms. The van der Waals surface area contributed by atoms with E-state index in [1.807, 2.05) is 31.2 Å². The number of halogens is 1. The highest BCUT2D eigenvalue weighted by molar-refractivity contribution is 9.10. The lowest BCUT2D eigenvalue weighted by Crippen LogP contribution is -2.44. The maximum Gasteiger partial charge on any atom is 0.179 e. The number of ketones is 1. The Balaban J connectivity index is 1.54. The number of hydrogen-bond donors (Lipinski definition) is 0. The van der Waals surface area contributed by atoms with Gasteiger partial charge in [0.05, 0.1) is 6.04 Å². The number of carbonyl (C=O) groups excluding carboxylic acids is 1. The van der Waals surface area contributed by atoms with Crippen LogP contribution in [0.1, 0.15) is 35.7 Å². The molecule has 1 aliphatic rings. The lowest BCUT2D eigenvalue weighted by atomic mass is 9.89. The molecule has 1 atom stereocenters. The van der Waals surface area contributed by atoms with Gasteiger partial charge >= 0.3 is 0 Å². The quantitative estimate of drug-likeness (QED) is 0.676. The minimum Gasteiger partial charge on any atom is -0.293 e. The summed E-state index contributed by atoms with van der Waals surface area (Å²) in [6.45, 7) is 4.07. The number of carbonyl (C=O) groups is 1. The summed E-state index contributed by atoms with van der Waals surface area (Å²) in [5, 5.41) is 0. The fourth-order valence-corrected chi connectivity index (χ4v) is 3.78. The summed E-state index contributed by atoms with van der Waals surface area (Å²) >= 11 is 3.42. The summed E-state index contributed by atoms with van der Waals surface area (Å²) in [5.41, 5.74) is 2.23. The van der Waals surface area contributed by atoms with Crippen molar-refractivity contribution in [3.63, 3.8) is 0 Å². The minimum atomic E-state index is -0.0381. The number of nitrogens with zero attached hydrogens (tertiary/aromatic N) is 1. The third-order valence-electron chi connectivity index (χ3n) is 5.07. The summed E-state index contributed by atoms with van der Waals surface area (Å²) < 4.78 is 1.01. The lowest BCUT2D eigenvalue weighted by Gasteiger charge is -2.35. The molecular weight excluding hydrogens is 362 g/mol. The SMILES string of the molecule is CC(C(=O)c1ccc(Br)cc1)N1CCC(Cc2ccccc2)CC1. The van der Waals surface area contributed by atoms with E-state index < -0.39 is 0 Å². The van der Waals surface area contributed by atoms with Gasteiger partial charge < -0.3 is 0 Å². The molecule has 0 N–H and O–H groups in total. The first-order chi connectivity index (χ1) is 11.6. The first kappa shape index (κ1) is 17.4. The highest BCUT2D eigenvalue weighted by atomic mass is 79.9. The van der Waals surface area contributed by atoms with E-state index in [9.17, 15) is 4.79 Å². The third kappa shape index (κ3) is 4.34. The van der Waals surface area contributed by atoms with Gasteiger partial charge in [-0.1, -0.05) is 58.4 Å². The predicted molar refractivity (Wildman–Crippen MR) is 102 cm³/mol. The van der Waals surface area contributed by atoms with E-state index in [-0.39, 0.29) is 11.8 Å². The fraction of sp³-hybridized carbons (Fsp3) is 0.381. The van der Waals surface area contributed by atoms with Crippen molar-refractivity contribution in [1.29, 1.82) is 0 Å². The molecule has 2 aromatic carbocycles. The van der Waals surface area contributed by atoms with Gasteiger partial charge in [-0.3, -0.25) is 9.69 Å². The second-order valence-electron chi connectivity index (χ2n) is 6.72. The van der Waals surface area contributed by atoms with E-state index in [2.05, 4.69) is 51.2 Å². The molecular formula is C21H24BrNO. The summed E-state index contributed by atoms with van der Waals surface area (Å²) in [6, 6.07) is 18.4. The van der Waals surface area contributed by atoms with Crippen LogP contribution in [0.25, 0.3) is 0 Å². The van der Waals surface area contributed by atoms with E-state index in [1.165, 1.54) is 18.4 Å². The smallest absolute Gasteiger partial charge is 0.179 e. The van der Waals surface area contributed by atoms with Crippen LogP contribution in [0.15, 0.2) is 59.1 Å². The van der Waals surface area contributed by atoms with Crippen molar-refractivity contribution >= 4 is 21.7 Å². The molecule has 1 heterocycles. The summed E-state index contributed by atoms with van der Waals surface area (Å²) in [6.07, 6.45) is 3.50. The topological polar surface area (TPSA) is 20.3 Å². The molecule has 0 radical (unpaired) electrons. The van der Waals surface area contributed by atoms with Crippen LogP contribution in [-0.2, 0) is 6.42 Å².